The number of nitrogens with one attached hydrogen (secondary N) is 1. The molecule has 0 atom stereocenters. The highest BCUT2D eigenvalue weighted by Gasteiger charge is 2.19. The van der Waals surface area contributed by atoms with Gasteiger partial charge in [0, 0.05) is 36.3 Å². The lowest BCUT2D eigenvalue weighted by Crippen LogP contribution is -2.17. The fraction of sp³-hybridized carbons (Fsp3) is 0.150. The number of carbonyl (C=O) groups is 2. The van der Waals surface area contributed by atoms with Crippen LogP contribution in [0.1, 0.15) is 26.5 Å². The first-order chi connectivity index (χ1) is 13.5. The lowest BCUT2D eigenvalue weighted by molar-refractivity contribution is 0.101. The Labute approximate surface area is 165 Å². The molecular formula is C20H16ClN3O4. The van der Waals surface area contributed by atoms with E-state index < -0.39 is 0 Å². The van der Waals surface area contributed by atoms with Crippen molar-refractivity contribution in [1.29, 1.82) is 0 Å². The van der Waals surface area contributed by atoms with E-state index in [0.29, 0.717) is 52.4 Å². The van der Waals surface area contributed by atoms with Crippen LogP contribution < -0.4 is 14.8 Å². The minimum atomic E-state index is -0.345. The minimum Gasteiger partial charge on any atom is -0.486 e. The van der Waals surface area contributed by atoms with E-state index in [1.54, 1.807) is 54.3 Å². The molecule has 1 amide bonds. The van der Waals surface area contributed by atoms with Crippen LogP contribution in [0.4, 0.5) is 5.69 Å². The number of rotatable bonds is 4. The first kappa shape index (κ1) is 18.1. The number of aromatic nitrogens is 2. The van der Waals surface area contributed by atoms with E-state index in [1.165, 1.54) is 6.07 Å². The molecule has 0 unspecified atom stereocenters. The van der Waals surface area contributed by atoms with Crippen LogP contribution in [0.3, 0.4) is 0 Å². The molecule has 28 heavy (non-hydrogen) atoms. The number of anilines is 1. The summed E-state index contributed by atoms with van der Waals surface area (Å²) in [7, 11) is 1.76. The van der Waals surface area contributed by atoms with Crippen molar-refractivity contribution in [3.63, 3.8) is 0 Å². The molecule has 0 saturated heterocycles. The van der Waals surface area contributed by atoms with Crippen molar-refractivity contribution < 1.29 is 19.1 Å². The summed E-state index contributed by atoms with van der Waals surface area (Å²) in [5, 5.41) is 3.10. The third-order valence-corrected chi connectivity index (χ3v) is 4.57. The highest BCUT2D eigenvalue weighted by atomic mass is 35.5. The molecule has 142 valence electrons. The third kappa shape index (κ3) is 3.44. The van der Waals surface area contributed by atoms with Crippen LogP contribution in [-0.4, -0.2) is 34.5 Å². The van der Waals surface area contributed by atoms with Gasteiger partial charge in [-0.05, 0) is 36.4 Å². The summed E-state index contributed by atoms with van der Waals surface area (Å²) in [6, 6.07) is 9.73. The molecular weight excluding hydrogens is 382 g/mol. The molecule has 1 aliphatic rings. The van der Waals surface area contributed by atoms with Crippen LogP contribution in [0.2, 0.25) is 5.02 Å². The summed E-state index contributed by atoms with van der Waals surface area (Å²) in [4.78, 5) is 29.1. The second-order valence-corrected chi connectivity index (χ2v) is 6.61. The van der Waals surface area contributed by atoms with Crippen LogP contribution in [0.5, 0.6) is 11.5 Å². The maximum Gasteiger partial charge on any atom is 0.255 e. The molecule has 3 aromatic rings. The Hall–Kier alpha value is -3.32. The maximum absolute atomic E-state index is 12.6. The largest absolute Gasteiger partial charge is 0.486 e. The average Bonchev–Trinajstić information content (AvgIpc) is 3.14. The van der Waals surface area contributed by atoms with E-state index >= 15 is 0 Å². The number of ketones is 1. The Bertz CT molecular complexity index is 1060. The van der Waals surface area contributed by atoms with Crippen molar-refractivity contribution in [2.75, 3.05) is 18.5 Å². The molecule has 1 aromatic heterocycles. The average molecular weight is 398 g/mol. The van der Waals surface area contributed by atoms with Crippen molar-refractivity contribution in [3.8, 4) is 11.5 Å². The van der Waals surface area contributed by atoms with Crippen LogP contribution >= 0.6 is 11.6 Å². The van der Waals surface area contributed by atoms with Gasteiger partial charge in [-0.1, -0.05) is 11.6 Å². The minimum absolute atomic E-state index is 0.191. The van der Waals surface area contributed by atoms with Gasteiger partial charge in [0.25, 0.3) is 5.91 Å². The Morgan fingerprint density at radius 3 is 2.57 bits per heavy atom. The van der Waals surface area contributed by atoms with Gasteiger partial charge in [0.05, 0.1) is 5.02 Å². The van der Waals surface area contributed by atoms with Gasteiger partial charge in [0.1, 0.15) is 13.2 Å². The second kappa shape index (κ2) is 7.36. The predicted molar refractivity (Wildman–Crippen MR) is 103 cm³/mol. The number of imidazole rings is 1. The first-order valence-corrected chi connectivity index (χ1v) is 8.93. The molecule has 0 bridgehead atoms. The third-order valence-electron chi connectivity index (χ3n) is 4.29. The molecule has 0 radical (unpaired) electrons. The Kier molecular flexibility index (Phi) is 4.75. The fourth-order valence-corrected chi connectivity index (χ4v) is 3.13. The number of amides is 1. The molecule has 1 aliphatic heterocycles. The van der Waals surface area contributed by atoms with Gasteiger partial charge in [-0.15, -0.1) is 0 Å². The van der Waals surface area contributed by atoms with Crippen LogP contribution in [0.25, 0.3) is 0 Å². The number of nitrogens with zero attached hydrogens (tertiary/aromatic N) is 2. The molecule has 4 rings (SSSR count). The molecule has 0 spiro atoms. The number of fused-ring (bicyclic) bond motifs is 1. The Balaban J connectivity index is 1.50. The summed E-state index contributed by atoms with van der Waals surface area (Å²) in [5.41, 5.74) is 1.38. The number of benzene rings is 2. The molecule has 0 fully saturated rings. The first-order valence-electron chi connectivity index (χ1n) is 8.55. The smallest absolute Gasteiger partial charge is 0.255 e. The van der Waals surface area contributed by atoms with E-state index in [1.807, 2.05) is 0 Å². The van der Waals surface area contributed by atoms with Crippen LogP contribution in [0.15, 0.2) is 48.8 Å². The van der Waals surface area contributed by atoms with Crippen molar-refractivity contribution in [3.05, 3.63) is 70.8 Å². The lowest BCUT2D eigenvalue weighted by Gasteiger charge is -2.20. The van der Waals surface area contributed by atoms with Gasteiger partial charge in [-0.3, -0.25) is 9.59 Å². The highest BCUT2D eigenvalue weighted by Crippen LogP contribution is 2.38. The number of carbonyl (C=O) groups excluding carboxylic acids is 2. The normalized spacial score (nSPS) is 12.5. The van der Waals surface area contributed by atoms with Gasteiger partial charge >= 0.3 is 0 Å². The molecule has 1 N–H and O–H groups in total. The Morgan fingerprint density at radius 1 is 1.11 bits per heavy atom. The van der Waals surface area contributed by atoms with Crippen molar-refractivity contribution >= 4 is 29.0 Å². The van der Waals surface area contributed by atoms with Crippen molar-refractivity contribution in [2.45, 2.75) is 0 Å². The van der Waals surface area contributed by atoms with Crippen LogP contribution in [-0.2, 0) is 7.05 Å². The fourth-order valence-electron chi connectivity index (χ4n) is 2.86. The van der Waals surface area contributed by atoms with Gasteiger partial charge in [-0.25, -0.2) is 4.98 Å². The van der Waals surface area contributed by atoms with E-state index in [-0.39, 0.29) is 11.7 Å². The van der Waals surface area contributed by atoms with Crippen LogP contribution in [0, 0.1) is 0 Å². The summed E-state index contributed by atoms with van der Waals surface area (Å²) in [5.74, 6) is 0.704. The number of aryl methyl sites for hydroxylation is 1. The SMILES string of the molecule is Cn1ccnc1C(=O)c1ccc(NC(=O)c2cc(Cl)c3c(c2)OCCO3)cc1. The van der Waals surface area contributed by atoms with Gasteiger partial charge in [0.15, 0.2) is 17.3 Å². The number of hydrogen-bond acceptors (Lipinski definition) is 5. The summed E-state index contributed by atoms with van der Waals surface area (Å²) < 4.78 is 12.6. The molecule has 0 aliphatic carbocycles. The monoisotopic (exact) mass is 397 g/mol. The van der Waals surface area contributed by atoms with E-state index in [4.69, 9.17) is 21.1 Å². The second-order valence-electron chi connectivity index (χ2n) is 6.20. The van der Waals surface area contributed by atoms with E-state index in [9.17, 15) is 9.59 Å². The van der Waals surface area contributed by atoms with Gasteiger partial charge in [0.2, 0.25) is 5.78 Å². The number of hydrogen-bond donors (Lipinski definition) is 1. The zero-order chi connectivity index (χ0) is 19.7. The summed E-state index contributed by atoms with van der Waals surface area (Å²) in [6.45, 7) is 0.821. The van der Waals surface area contributed by atoms with E-state index in [0.717, 1.165) is 0 Å². The quantitative estimate of drug-likeness (QED) is 0.683. The topological polar surface area (TPSA) is 82.5 Å². The molecule has 8 heteroatoms. The molecule has 7 nitrogen and oxygen atoms in total. The zero-order valence-corrected chi connectivity index (χ0v) is 15.7. The van der Waals surface area contributed by atoms with Gasteiger partial charge in [-0.2, -0.15) is 0 Å². The zero-order valence-electron chi connectivity index (χ0n) is 14.9. The molecule has 2 heterocycles. The standard InChI is InChI=1S/C20H16ClN3O4/c1-24-7-6-22-19(24)17(25)12-2-4-14(5-3-12)23-20(26)13-10-15(21)18-16(11-13)27-8-9-28-18/h2-7,10-11H,8-9H2,1H3,(H,23,26). The van der Waals surface area contributed by atoms with Crippen molar-refractivity contribution in [2.24, 2.45) is 7.05 Å². The number of halogens is 1. The highest BCUT2D eigenvalue weighted by molar-refractivity contribution is 6.32. The Morgan fingerprint density at radius 2 is 1.86 bits per heavy atom. The lowest BCUT2D eigenvalue weighted by atomic mass is 10.1. The number of ether oxygens (including phenoxy) is 2. The molecule has 2 aromatic carbocycles. The van der Waals surface area contributed by atoms with Gasteiger partial charge < -0.3 is 19.4 Å². The maximum atomic E-state index is 12.6. The van der Waals surface area contributed by atoms with E-state index in [2.05, 4.69) is 10.3 Å². The molecule has 0 saturated carbocycles. The predicted octanol–water partition coefficient (Wildman–Crippen LogP) is 3.33. The summed E-state index contributed by atoms with van der Waals surface area (Å²) in [6.07, 6.45) is 3.28. The summed E-state index contributed by atoms with van der Waals surface area (Å²) >= 11 is 6.18. The van der Waals surface area contributed by atoms with Crippen molar-refractivity contribution in [1.82, 2.24) is 9.55 Å².